The van der Waals surface area contributed by atoms with Gasteiger partial charge in [0, 0.05) is 6.61 Å². The first-order chi connectivity index (χ1) is 8.16. The van der Waals surface area contributed by atoms with Crippen LogP contribution in [0.3, 0.4) is 0 Å². The molecule has 94 valence electrons. The predicted molar refractivity (Wildman–Crippen MR) is 65.0 cm³/mol. The SMILES string of the molecule is CC(C)c1ccc(F)c(OCC2CCCO2)c1. The fraction of sp³-hybridized carbons (Fsp3) is 0.571. The summed E-state index contributed by atoms with van der Waals surface area (Å²) in [4.78, 5) is 0. The summed E-state index contributed by atoms with van der Waals surface area (Å²) < 4.78 is 24.5. The quantitative estimate of drug-likeness (QED) is 0.799. The Kier molecular flexibility index (Phi) is 4.00. The van der Waals surface area contributed by atoms with Crippen molar-refractivity contribution in [3.05, 3.63) is 29.6 Å². The third-order valence-electron chi connectivity index (χ3n) is 3.07. The average Bonchev–Trinajstić information content (AvgIpc) is 2.80. The fourth-order valence-corrected chi connectivity index (χ4v) is 1.95. The Balaban J connectivity index is 2.00. The molecular weight excluding hydrogens is 219 g/mol. The fourth-order valence-electron chi connectivity index (χ4n) is 1.95. The molecule has 3 heteroatoms. The molecule has 0 amide bonds. The molecule has 1 heterocycles. The molecule has 0 aliphatic carbocycles. The minimum absolute atomic E-state index is 0.122. The molecule has 0 aromatic heterocycles. The van der Waals surface area contributed by atoms with Crippen molar-refractivity contribution < 1.29 is 13.9 Å². The van der Waals surface area contributed by atoms with Crippen LogP contribution in [0.25, 0.3) is 0 Å². The van der Waals surface area contributed by atoms with E-state index in [4.69, 9.17) is 9.47 Å². The van der Waals surface area contributed by atoms with Gasteiger partial charge in [0.25, 0.3) is 0 Å². The zero-order valence-electron chi connectivity index (χ0n) is 10.4. The highest BCUT2D eigenvalue weighted by molar-refractivity contribution is 5.32. The molecule has 0 radical (unpaired) electrons. The van der Waals surface area contributed by atoms with Gasteiger partial charge in [-0.15, -0.1) is 0 Å². The van der Waals surface area contributed by atoms with E-state index in [1.807, 2.05) is 0 Å². The van der Waals surface area contributed by atoms with Crippen molar-refractivity contribution in [1.82, 2.24) is 0 Å². The third kappa shape index (κ3) is 3.19. The molecule has 0 bridgehead atoms. The van der Waals surface area contributed by atoms with Gasteiger partial charge in [-0.3, -0.25) is 0 Å². The highest BCUT2D eigenvalue weighted by atomic mass is 19.1. The second-order valence-corrected chi connectivity index (χ2v) is 4.79. The standard InChI is InChI=1S/C14H19FO2/c1-10(2)11-5-6-13(15)14(8-11)17-9-12-4-3-7-16-12/h5-6,8,10,12H,3-4,7,9H2,1-2H3. The van der Waals surface area contributed by atoms with Crippen molar-refractivity contribution in [1.29, 1.82) is 0 Å². The smallest absolute Gasteiger partial charge is 0.165 e. The Morgan fingerprint density at radius 2 is 2.29 bits per heavy atom. The minimum Gasteiger partial charge on any atom is -0.488 e. The molecule has 1 aromatic carbocycles. The second-order valence-electron chi connectivity index (χ2n) is 4.79. The Hall–Kier alpha value is -1.09. The molecule has 0 N–H and O–H groups in total. The maximum atomic E-state index is 13.5. The van der Waals surface area contributed by atoms with Crippen LogP contribution in [0.5, 0.6) is 5.75 Å². The van der Waals surface area contributed by atoms with Crippen molar-refractivity contribution in [2.45, 2.75) is 38.7 Å². The molecule has 2 rings (SSSR count). The molecule has 0 saturated carbocycles. The van der Waals surface area contributed by atoms with E-state index in [0.717, 1.165) is 25.0 Å². The van der Waals surface area contributed by atoms with Gasteiger partial charge in [-0.2, -0.15) is 0 Å². The van der Waals surface area contributed by atoms with Gasteiger partial charge >= 0.3 is 0 Å². The molecule has 17 heavy (non-hydrogen) atoms. The zero-order valence-corrected chi connectivity index (χ0v) is 10.4. The van der Waals surface area contributed by atoms with Crippen LogP contribution in [-0.2, 0) is 4.74 Å². The van der Waals surface area contributed by atoms with E-state index in [2.05, 4.69) is 13.8 Å². The summed E-state index contributed by atoms with van der Waals surface area (Å²) >= 11 is 0. The minimum atomic E-state index is -0.299. The van der Waals surface area contributed by atoms with Crippen LogP contribution >= 0.6 is 0 Å². The summed E-state index contributed by atoms with van der Waals surface area (Å²) in [5, 5.41) is 0. The van der Waals surface area contributed by atoms with Gasteiger partial charge in [0.1, 0.15) is 6.61 Å². The summed E-state index contributed by atoms with van der Waals surface area (Å²) in [7, 11) is 0. The highest BCUT2D eigenvalue weighted by Crippen LogP contribution is 2.24. The molecule has 1 fully saturated rings. The molecule has 2 nitrogen and oxygen atoms in total. The molecular formula is C14H19FO2. The lowest BCUT2D eigenvalue weighted by Gasteiger charge is -2.14. The lowest BCUT2D eigenvalue weighted by molar-refractivity contribution is 0.0665. The van der Waals surface area contributed by atoms with Crippen molar-refractivity contribution in [2.24, 2.45) is 0 Å². The average molecular weight is 238 g/mol. The van der Waals surface area contributed by atoms with Crippen LogP contribution in [0, 0.1) is 5.82 Å². The monoisotopic (exact) mass is 238 g/mol. The van der Waals surface area contributed by atoms with Gasteiger partial charge in [-0.1, -0.05) is 19.9 Å². The Morgan fingerprint density at radius 1 is 1.47 bits per heavy atom. The van der Waals surface area contributed by atoms with Crippen molar-refractivity contribution >= 4 is 0 Å². The van der Waals surface area contributed by atoms with Gasteiger partial charge in [0.05, 0.1) is 6.10 Å². The maximum absolute atomic E-state index is 13.5. The summed E-state index contributed by atoms with van der Waals surface area (Å²) in [6, 6.07) is 5.06. The lowest BCUT2D eigenvalue weighted by Crippen LogP contribution is -2.16. The molecule has 1 aromatic rings. The lowest BCUT2D eigenvalue weighted by atomic mass is 10.0. The van der Waals surface area contributed by atoms with Crippen molar-refractivity contribution in [2.75, 3.05) is 13.2 Å². The summed E-state index contributed by atoms with van der Waals surface area (Å²) in [6.07, 6.45) is 2.20. The Morgan fingerprint density at radius 3 is 2.94 bits per heavy atom. The summed E-state index contributed by atoms with van der Waals surface area (Å²) in [6.45, 7) is 5.40. The summed E-state index contributed by atoms with van der Waals surface area (Å²) in [5.41, 5.74) is 1.09. The van der Waals surface area contributed by atoms with Crippen molar-refractivity contribution in [3.63, 3.8) is 0 Å². The number of hydrogen-bond donors (Lipinski definition) is 0. The zero-order chi connectivity index (χ0) is 12.3. The van der Waals surface area contributed by atoms with Gasteiger partial charge < -0.3 is 9.47 Å². The van der Waals surface area contributed by atoms with E-state index < -0.39 is 0 Å². The van der Waals surface area contributed by atoms with Gasteiger partial charge in [-0.05, 0) is 36.5 Å². The van der Waals surface area contributed by atoms with E-state index in [9.17, 15) is 4.39 Å². The number of benzene rings is 1. The number of rotatable bonds is 4. The van der Waals surface area contributed by atoms with Crippen LogP contribution in [0.15, 0.2) is 18.2 Å². The first-order valence-electron chi connectivity index (χ1n) is 6.20. The van der Waals surface area contributed by atoms with Gasteiger partial charge in [0.2, 0.25) is 0 Å². The first kappa shape index (κ1) is 12.4. The van der Waals surface area contributed by atoms with E-state index >= 15 is 0 Å². The molecule has 0 spiro atoms. The Labute approximate surface area is 102 Å². The highest BCUT2D eigenvalue weighted by Gasteiger charge is 2.17. The van der Waals surface area contributed by atoms with E-state index in [-0.39, 0.29) is 11.9 Å². The topological polar surface area (TPSA) is 18.5 Å². The normalized spacial score (nSPS) is 19.9. The molecule has 1 atom stereocenters. The predicted octanol–water partition coefficient (Wildman–Crippen LogP) is 3.51. The molecule has 1 saturated heterocycles. The summed E-state index contributed by atoms with van der Waals surface area (Å²) in [5.74, 6) is 0.416. The van der Waals surface area contributed by atoms with Crippen LogP contribution in [-0.4, -0.2) is 19.3 Å². The van der Waals surface area contributed by atoms with Crippen LogP contribution < -0.4 is 4.74 Å². The second kappa shape index (κ2) is 5.50. The van der Waals surface area contributed by atoms with Crippen molar-refractivity contribution in [3.8, 4) is 5.75 Å². The van der Waals surface area contributed by atoms with Crippen LogP contribution in [0.4, 0.5) is 4.39 Å². The van der Waals surface area contributed by atoms with E-state index in [1.165, 1.54) is 6.07 Å². The molecule has 1 aliphatic heterocycles. The number of halogens is 1. The van der Waals surface area contributed by atoms with E-state index in [1.54, 1.807) is 12.1 Å². The largest absolute Gasteiger partial charge is 0.488 e. The van der Waals surface area contributed by atoms with Gasteiger partial charge in [-0.25, -0.2) is 4.39 Å². The maximum Gasteiger partial charge on any atom is 0.165 e. The number of ether oxygens (including phenoxy) is 2. The Bertz CT molecular complexity index is 370. The van der Waals surface area contributed by atoms with Crippen LogP contribution in [0.1, 0.15) is 38.2 Å². The molecule has 1 unspecified atom stereocenters. The van der Waals surface area contributed by atoms with E-state index in [0.29, 0.717) is 18.3 Å². The first-order valence-corrected chi connectivity index (χ1v) is 6.20. The molecule has 1 aliphatic rings. The van der Waals surface area contributed by atoms with Crippen LogP contribution in [0.2, 0.25) is 0 Å². The van der Waals surface area contributed by atoms with Gasteiger partial charge in [0.15, 0.2) is 11.6 Å². The third-order valence-corrected chi connectivity index (χ3v) is 3.07. The number of hydrogen-bond acceptors (Lipinski definition) is 2.